The number of likely N-dealkylation sites (tertiary alicyclic amines) is 1. The number of urea groups is 1. The lowest BCUT2D eigenvalue weighted by Crippen LogP contribution is -2.54. The molecular weight excluding hydrogens is 456 g/mol. The lowest BCUT2D eigenvalue weighted by Gasteiger charge is -2.44. The third-order valence-electron chi connectivity index (χ3n) is 8.11. The second kappa shape index (κ2) is 9.32. The maximum absolute atomic E-state index is 13.8. The van der Waals surface area contributed by atoms with Gasteiger partial charge >= 0.3 is 6.03 Å². The SMILES string of the molecule is CCN1C(=O)N2Cc3cc(COC)cc(OC)c3[C@@H](C)C=C2C12CCN(C(=O)c1cccn1C)CC2. The van der Waals surface area contributed by atoms with Crippen LogP contribution in [0, 0.1) is 0 Å². The minimum atomic E-state index is -0.407. The number of fused-ring (bicyclic) bond motifs is 3. The lowest BCUT2D eigenvalue weighted by atomic mass is 9.82. The number of benzene rings is 1. The number of hydrogen-bond donors (Lipinski definition) is 0. The van der Waals surface area contributed by atoms with Crippen LogP contribution >= 0.6 is 0 Å². The van der Waals surface area contributed by atoms with E-state index in [0.717, 1.165) is 41.0 Å². The fraction of sp³-hybridized carbons (Fsp3) is 0.500. The number of methoxy groups -OCH3 is 2. The number of amides is 3. The van der Waals surface area contributed by atoms with Crippen molar-refractivity contribution in [2.75, 3.05) is 33.9 Å². The Kier molecular flexibility index (Phi) is 6.32. The smallest absolute Gasteiger partial charge is 0.325 e. The van der Waals surface area contributed by atoms with Gasteiger partial charge < -0.3 is 23.8 Å². The van der Waals surface area contributed by atoms with Gasteiger partial charge in [-0.2, -0.15) is 0 Å². The molecule has 3 aliphatic heterocycles. The molecule has 3 amide bonds. The molecule has 0 unspecified atom stereocenters. The third kappa shape index (κ3) is 3.70. The highest BCUT2D eigenvalue weighted by Crippen LogP contribution is 2.48. The van der Waals surface area contributed by atoms with Gasteiger partial charge in [-0.1, -0.05) is 19.1 Å². The number of carbonyl (C=O) groups excluding carboxylic acids is 2. The van der Waals surface area contributed by atoms with Crippen LogP contribution in [0.15, 0.2) is 42.2 Å². The number of likely N-dealkylation sites (N-methyl/N-ethyl adjacent to an activating group) is 1. The Balaban J connectivity index is 1.49. The first-order chi connectivity index (χ1) is 17.3. The summed E-state index contributed by atoms with van der Waals surface area (Å²) >= 11 is 0. The number of ether oxygens (including phenoxy) is 2. The van der Waals surface area contributed by atoms with Gasteiger partial charge in [0.15, 0.2) is 0 Å². The summed E-state index contributed by atoms with van der Waals surface area (Å²) in [5, 5.41) is 0. The average molecular weight is 493 g/mol. The van der Waals surface area contributed by atoms with Gasteiger partial charge in [-0.15, -0.1) is 0 Å². The molecular formula is C28H36N4O4. The highest BCUT2D eigenvalue weighted by Gasteiger charge is 2.55. The summed E-state index contributed by atoms with van der Waals surface area (Å²) in [5.41, 5.74) is 4.61. The molecule has 8 heteroatoms. The van der Waals surface area contributed by atoms with E-state index in [9.17, 15) is 9.59 Å². The number of hydrogen-bond acceptors (Lipinski definition) is 4. The molecule has 0 radical (unpaired) electrons. The summed E-state index contributed by atoms with van der Waals surface area (Å²) in [6.07, 6.45) is 5.60. The Morgan fingerprint density at radius 2 is 1.94 bits per heavy atom. The summed E-state index contributed by atoms with van der Waals surface area (Å²) in [5.74, 6) is 0.963. The first kappa shape index (κ1) is 24.4. The molecule has 0 saturated carbocycles. The minimum absolute atomic E-state index is 0.0436. The van der Waals surface area contributed by atoms with Gasteiger partial charge in [0.25, 0.3) is 5.91 Å². The zero-order valence-corrected chi connectivity index (χ0v) is 21.9. The largest absolute Gasteiger partial charge is 0.496 e. The number of rotatable bonds is 5. The van der Waals surface area contributed by atoms with Crippen molar-refractivity contribution in [2.45, 2.75) is 51.3 Å². The minimum Gasteiger partial charge on any atom is -0.496 e. The van der Waals surface area contributed by atoms with E-state index in [4.69, 9.17) is 9.47 Å². The summed E-state index contributed by atoms with van der Waals surface area (Å²) < 4.78 is 13.0. The molecule has 0 bridgehead atoms. The topological polar surface area (TPSA) is 67.2 Å². The van der Waals surface area contributed by atoms with E-state index in [1.54, 1.807) is 14.2 Å². The van der Waals surface area contributed by atoms with Crippen LogP contribution in [0.5, 0.6) is 5.75 Å². The number of piperidine rings is 1. The molecule has 2 saturated heterocycles. The molecule has 0 aliphatic carbocycles. The van der Waals surface area contributed by atoms with Crippen LogP contribution < -0.4 is 4.74 Å². The molecule has 2 fully saturated rings. The zero-order chi connectivity index (χ0) is 25.6. The van der Waals surface area contributed by atoms with Crippen molar-refractivity contribution in [3.63, 3.8) is 0 Å². The van der Waals surface area contributed by atoms with Crippen LogP contribution in [0.25, 0.3) is 0 Å². The number of aromatic nitrogens is 1. The van der Waals surface area contributed by atoms with Crippen LogP contribution in [0.1, 0.15) is 59.8 Å². The van der Waals surface area contributed by atoms with Gasteiger partial charge in [-0.05, 0) is 49.1 Å². The number of nitrogens with zero attached hydrogens (tertiary/aromatic N) is 4. The number of allylic oxidation sites excluding steroid dienone is 1. The second-order valence-corrected chi connectivity index (χ2v) is 10.1. The van der Waals surface area contributed by atoms with Crippen LogP contribution in [-0.2, 0) is 24.9 Å². The fourth-order valence-electron chi connectivity index (χ4n) is 6.41. The van der Waals surface area contributed by atoms with Crippen molar-refractivity contribution < 1.29 is 19.1 Å². The van der Waals surface area contributed by atoms with Gasteiger partial charge in [-0.3, -0.25) is 9.69 Å². The second-order valence-electron chi connectivity index (χ2n) is 10.1. The molecule has 1 aromatic carbocycles. The van der Waals surface area contributed by atoms with Crippen molar-refractivity contribution in [1.29, 1.82) is 0 Å². The van der Waals surface area contributed by atoms with Crippen LogP contribution in [-0.4, -0.2) is 70.6 Å². The van der Waals surface area contributed by atoms with E-state index in [2.05, 4.69) is 19.1 Å². The monoisotopic (exact) mass is 492 g/mol. The van der Waals surface area contributed by atoms with Gasteiger partial charge in [0, 0.05) is 57.2 Å². The highest BCUT2D eigenvalue weighted by molar-refractivity contribution is 5.93. The number of carbonyl (C=O) groups is 2. The molecule has 8 nitrogen and oxygen atoms in total. The molecule has 1 aromatic heterocycles. The van der Waals surface area contributed by atoms with Crippen LogP contribution in [0.3, 0.4) is 0 Å². The molecule has 5 rings (SSSR count). The van der Waals surface area contributed by atoms with Crippen molar-refractivity contribution in [3.8, 4) is 5.75 Å². The molecule has 3 aliphatic rings. The maximum Gasteiger partial charge on any atom is 0.325 e. The van der Waals surface area contributed by atoms with E-state index in [-0.39, 0.29) is 17.9 Å². The van der Waals surface area contributed by atoms with E-state index >= 15 is 0 Å². The van der Waals surface area contributed by atoms with Crippen LogP contribution in [0.2, 0.25) is 0 Å². The number of aryl methyl sites for hydroxylation is 1. The Morgan fingerprint density at radius 1 is 1.19 bits per heavy atom. The van der Waals surface area contributed by atoms with E-state index in [1.165, 1.54) is 0 Å². The van der Waals surface area contributed by atoms with Crippen molar-refractivity contribution in [2.24, 2.45) is 7.05 Å². The Hall–Kier alpha value is -3.26. The van der Waals surface area contributed by atoms with E-state index < -0.39 is 5.54 Å². The van der Waals surface area contributed by atoms with Gasteiger partial charge in [0.05, 0.1) is 25.8 Å². The van der Waals surface area contributed by atoms with Gasteiger partial charge in [0.2, 0.25) is 0 Å². The Bertz CT molecular complexity index is 1210. The highest BCUT2D eigenvalue weighted by atomic mass is 16.5. The quantitative estimate of drug-likeness (QED) is 0.630. The lowest BCUT2D eigenvalue weighted by molar-refractivity contribution is 0.0567. The summed E-state index contributed by atoms with van der Waals surface area (Å²) in [7, 11) is 5.28. The van der Waals surface area contributed by atoms with Gasteiger partial charge in [-0.25, -0.2) is 4.79 Å². The Labute approximate surface area is 213 Å². The molecule has 192 valence electrons. The van der Waals surface area contributed by atoms with E-state index in [0.29, 0.717) is 38.5 Å². The Morgan fingerprint density at radius 3 is 2.56 bits per heavy atom. The molecule has 1 atom stereocenters. The fourth-order valence-corrected chi connectivity index (χ4v) is 6.41. The van der Waals surface area contributed by atoms with Crippen molar-refractivity contribution >= 4 is 11.9 Å². The summed E-state index contributed by atoms with van der Waals surface area (Å²) in [4.78, 5) is 32.9. The predicted octanol–water partition coefficient (Wildman–Crippen LogP) is 4.11. The first-order valence-electron chi connectivity index (χ1n) is 12.7. The zero-order valence-electron chi connectivity index (χ0n) is 21.9. The van der Waals surface area contributed by atoms with Gasteiger partial charge in [0.1, 0.15) is 11.4 Å². The molecule has 0 N–H and O–H groups in total. The van der Waals surface area contributed by atoms with E-state index in [1.807, 2.05) is 57.6 Å². The average Bonchev–Trinajstić information content (AvgIpc) is 3.33. The molecule has 36 heavy (non-hydrogen) atoms. The first-order valence-corrected chi connectivity index (χ1v) is 12.7. The maximum atomic E-state index is 13.8. The summed E-state index contributed by atoms with van der Waals surface area (Å²) in [6.45, 7) is 7.07. The molecule has 2 aromatic rings. The third-order valence-corrected chi connectivity index (χ3v) is 8.11. The molecule has 4 heterocycles. The predicted molar refractivity (Wildman–Crippen MR) is 137 cm³/mol. The standard InChI is InChI=1S/C28H36N4O4/c1-6-32-27(34)31-17-21-15-20(18-35-4)16-23(36-5)25(21)19(2)14-24(31)28(32)9-12-30(13-10-28)26(33)22-8-7-11-29(22)3/h7-8,11,14-16,19H,6,9-10,12-13,17-18H2,1-5H3/t19-/m0/s1. The van der Waals surface area contributed by atoms with Crippen molar-refractivity contribution in [1.82, 2.24) is 19.3 Å². The molecule has 1 spiro atoms. The normalized spacial score (nSPS) is 20.8. The summed E-state index contributed by atoms with van der Waals surface area (Å²) in [6, 6.07) is 7.99. The van der Waals surface area contributed by atoms with Crippen molar-refractivity contribution in [3.05, 3.63) is 64.6 Å². The van der Waals surface area contributed by atoms with Crippen LogP contribution in [0.4, 0.5) is 4.79 Å².